The summed E-state index contributed by atoms with van der Waals surface area (Å²) in [7, 11) is 0. The van der Waals surface area contributed by atoms with Gasteiger partial charge in [-0.1, -0.05) is 0 Å². The minimum absolute atomic E-state index is 0.217. The number of furan rings is 1. The number of aryl methyl sites for hydroxylation is 2. The van der Waals surface area contributed by atoms with Crippen molar-refractivity contribution in [3.8, 4) is 0 Å². The van der Waals surface area contributed by atoms with Gasteiger partial charge >= 0.3 is 5.97 Å². The molecule has 2 aromatic heterocycles. The van der Waals surface area contributed by atoms with Crippen molar-refractivity contribution in [3.63, 3.8) is 0 Å². The molecule has 0 aliphatic heterocycles. The van der Waals surface area contributed by atoms with Gasteiger partial charge in [-0.2, -0.15) is 0 Å². The maximum absolute atomic E-state index is 10.9. The SMILES string of the molecule is Cc1ncn(Cc2cc(C(=O)O)c(C)o2)c1C. The van der Waals surface area contributed by atoms with Crippen LogP contribution in [0.5, 0.6) is 0 Å². The number of imidazole rings is 1. The maximum atomic E-state index is 10.9. The maximum Gasteiger partial charge on any atom is 0.339 e. The van der Waals surface area contributed by atoms with Crippen LogP contribution in [0.2, 0.25) is 0 Å². The summed E-state index contributed by atoms with van der Waals surface area (Å²) in [5, 5.41) is 8.92. The van der Waals surface area contributed by atoms with Crippen LogP contribution in [0, 0.1) is 20.8 Å². The normalized spacial score (nSPS) is 10.8. The van der Waals surface area contributed by atoms with E-state index in [0.29, 0.717) is 18.1 Å². The summed E-state index contributed by atoms with van der Waals surface area (Å²) in [5.41, 5.74) is 2.23. The number of carboxylic acid groups (broad SMARTS) is 1. The van der Waals surface area contributed by atoms with Crippen LogP contribution < -0.4 is 0 Å². The molecular formula is C12H14N2O3. The van der Waals surface area contributed by atoms with Crippen molar-refractivity contribution < 1.29 is 14.3 Å². The summed E-state index contributed by atoms with van der Waals surface area (Å²) < 4.78 is 7.34. The summed E-state index contributed by atoms with van der Waals surface area (Å²) in [4.78, 5) is 15.1. The molecule has 5 nitrogen and oxygen atoms in total. The zero-order valence-electron chi connectivity index (χ0n) is 10.0. The van der Waals surface area contributed by atoms with E-state index >= 15 is 0 Å². The highest BCUT2D eigenvalue weighted by Gasteiger charge is 2.14. The van der Waals surface area contributed by atoms with Gasteiger partial charge in [0.05, 0.1) is 18.6 Å². The minimum atomic E-state index is -0.962. The van der Waals surface area contributed by atoms with E-state index in [1.54, 1.807) is 19.3 Å². The van der Waals surface area contributed by atoms with Gasteiger partial charge in [0.2, 0.25) is 0 Å². The molecule has 2 heterocycles. The van der Waals surface area contributed by atoms with Crippen molar-refractivity contribution in [3.05, 3.63) is 40.9 Å². The number of carboxylic acids is 1. The highest BCUT2D eigenvalue weighted by Crippen LogP contribution is 2.17. The Labute approximate surface area is 98.7 Å². The second-order valence-electron chi connectivity index (χ2n) is 4.03. The minimum Gasteiger partial charge on any atom is -0.478 e. The van der Waals surface area contributed by atoms with Gasteiger partial charge in [-0.05, 0) is 26.8 Å². The van der Waals surface area contributed by atoms with Crippen molar-refractivity contribution in [1.82, 2.24) is 9.55 Å². The van der Waals surface area contributed by atoms with Gasteiger partial charge in [-0.15, -0.1) is 0 Å². The molecule has 0 aliphatic rings. The van der Waals surface area contributed by atoms with Crippen LogP contribution >= 0.6 is 0 Å². The molecule has 0 aromatic carbocycles. The first kappa shape index (κ1) is 11.4. The molecular weight excluding hydrogens is 220 g/mol. The molecule has 0 aliphatic carbocycles. The lowest BCUT2D eigenvalue weighted by molar-refractivity contribution is 0.0695. The standard InChI is InChI=1S/C12H14N2O3/c1-7-8(2)14(6-13-7)5-10-4-11(12(15)16)9(3)17-10/h4,6H,5H2,1-3H3,(H,15,16). The van der Waals surface area contributed by atoms with Crippen molar-refractivity contribution in [1.29, 1.82) is 0 Å². The lowest BCUT2D eigenvalue weighted by Crippen LogP contribution is -1.99. The third-order valence-corrected chi connectivity index (χ3v) is 2.87. The average Bonchev–Trinajstić information content (AvgIpc) is 2.76. The molecule has 17 heavy (non-hydrogen) atoms. The predicted molar refractivity (Wildman–Crippen MR) is 61.2 cm³/mol. The Morgan fingerprint density at radius 1 is 1.47 bits per heavy atom. The molecule has 2 rings (SSSR count). The van der Waals surface area contributed by atoms with Crippen LogP contribution in [0.3, 0.4) is 0 Å². The van der Waals surface area contributed by atoms with Crippen LogP contribution in [-0.2, 0) is 6.54 Å². The Hall–Kier alpha value is -2.04. The van der Waals surface area contributed by atoms with Gasteiger partial charge < -0.3 is 14.1 Å². The smallest absolute Gasteiger partial charge is 0.339 e. The van der Waals surface area contributed by atoms with Crippen molar-refractivity contribution in [2.24, 2.45) is 0 Å². The molecule has 0 spiro atoms. The van der Waals surface area contributed by atoms with E-state index in [1.807, 2.05) is 18.4 Å². The first-order valence-corrected chi connectivity index (χ1v) is 5.30. The molecule has 0 unspecified atom stereocenters. The summed E-state index contributed by atoms with van der Waals surface area (Å²) in [6, 6.07) is 1.56. The molecule has 5 heteroatoms. The highest BCUT2D eigenvalue weighted by atomic mass is 16.4. The number of carbonyl (C=O) groups is 1. The highest BCUT2D eigenvalue weighted by molar-refractivity contribution is 5.88. The fourth-order valence-electron chi connectivity index (χ4n) is 1.71. The van der Waals surface area contributed by atoms with E-state index in [2.05, 4.69) is 4.98 Å². The lowest BCUT2D eigenvalue weighted by atomic mass is 10.2. The van der Waals surface area contributed by atoms with E-state index in [-0.39, 0.29) is 5.56 Å². The van der Waals surface area contributed by atoms with E-state index in [4.69, 9.17) is 9.52 Å². The Balaban J connectivity index is 2.28. The van der Waals surface area contributed by atoms with Gasteiger partial charge in [0, 0.05) is 5.69 Å². The quantitative estimate of drug-likeness (QED) is 0.883. The van der Waals surface area contributed by atoms with Gasteiger partial charge in [-0.3, -0.25) is 0 Å². The van der Waals surface area contributed by atoms with Gasteiger partial charge in [0.25, 0.3) is 0 Å². The van der Waals surface area contributed by atoms with Crippen molar-refractivity contribution >= 4 is 5.97 Å². The largest absolute Gasteiger partial charge is 0.478 e. The molecule has 0 fully saturated rings. The fraction of sp³-hybridized carbons (Fsp3) is 0.333. The Kier molecular flexibility index (Phi) is 2.75. The fourth-order valence-corrected chi connectivity index (χ4v) is 1.71. The molecule has 1 N–H and O–H groups in total. The van der Waals surface area contributed by atoms with Crippen LogP contribution in [-0.4, -0.2) is 20.6 Å². The Morgan fingerprint density at radius 3 is 2.65 bits per heavy atom. The first-order valence-electron chi connectivity index (χ1n) is 5.30. The molecule has 0 bridgehead atoms. The molecule has 90 valence electrons. The topological polar surface area (TPSA) is 68.3 Å². The summed E-state index contributed by atoms with van der Waals surface area (Å²) >= 11 is 0. The van der Waals surface area contributed by atoms with E-state index in [9.17, 15) is 4.79 Å². The predicted octanol–water partition coefficient (Wildman–Crippen LogP) is 2.15. The third kappa shape index (κ3) is 2.08. The second-order valence-corrected chi connectivity index (χ2v) is 4.03. The monoisotopic (exact) mass is 234 g/mol. The van der Waals surface area contributed by atoms with Gasteiger partial charge in [-0.25, -0.2) is 9.78 Å². The molecule has 0 amide bonds. The first-order chi connectivity index (χ1) is 7.99. The summed E-state index contributed by atoms with van der Waals surface area (Å²) in [6.45, 7) is 6.05. The molecule has 2 aromatic rings. The third-order valence-electron chi connectivity index (χ3n) is 2.87. The van der Waals surface area contributed by atoms with E-state index in [0.717, 1.165) is 11.4 Å². The van der Waals surface area contributed by atoms with Crippen LogP contribution in [0.1, 0.15) is 33.3 Å². The number of rotatable bonds is 3. The molecule has 0 atom stereocenters. The van der Waals surface area contributed by atoms with Crippen molar-refractivity contribution in [2.75, 3.05) is 0 Å². The van der Waals surface area contributed by atoms with Crippen LogP contribution in [0.4, 0.5) is 0 Å². The summed E-state index contributed by atoms with van der Waals surface area (Å²) in [6.07, 6.45) is 1.73. The molecule has 0 saturated carbocycles. The van der Waals surface area contributed by atoms with Gasteiger partial charge in [0.15, 0.2) is 0 Å². The molecule has 0 saturated heterocycles. The van der Waals surface area contributed by atoms with Crippen LogP contribution in [0.25, 0.3) is 0 Å². The number of hydrogen-bond donors (Lipinski definition) is 1. The lowest BCUT2D eigenvalue weighted by Gasteiger charge is -2.01. The Bertz CT molecular complexity index is 566. The number of aromatic nitrogens is 2. The molecule has 0 radical (unpaired) electrons. The number of aromatic carboxylic acids is 1. The Morgan fingerprint density at radius 2 is 2.18 bits per heavy atom. The zero-order valence-corrected chi connectivity index (χ0v) is 10.0. The zero-order chi connectivity index (χ0) is 12.6. The number of nitrogens with zero attached hydrogens (tertiary/aromatic N) is 2. The van der Waals surface area contributed by atoms with Crippen molar-refractivity contribution in [2.45, 2.75) is 27.3 Å². The van der Waals surface area contributed by atoms with E-state index < -0.39 is 5.97 Å². The second kappa shape index (κ2) is 4.08. The van der Waals surface area contributed by atoms with Gasteiger partial charge in [0.1, 0.15) is 17.1 Å². The average molecular weight is 234 g/mol. The number of hydrogen-bond acceptors (Lipinski definition) is 3. The summed E-state index contributed by atoms with van der Waals surface area (Å²) in [5.74, 6) is 0.0958. The van der Waals surface area contributed by atoms with Crippen LogP contribution in [0.15, 0.2) is 16.8 Å². The van der Waals surface area contributed by atoms with E-state index in [1.165, 1.54) is 0 Å².